The number of rotatable bonds is 3. The van der Waals surface area contributed by atoms with Gasteiger partial charge >= 0.3 is 0 Å². The minimum atomic E-state index is -0.0863. The van der Waals surface area contributed by atoms with Gasteiger partial charge in [-0.1, -0.05) is 29.8 Å². The van der Waals surface area contributed by atoms with E-state index in [4.69, 9.17) is 0 Å². The predicted octanol–water partition coefficient (Wildman–Crippen LogP) is 3.89. The van der Waals surface area contributed by atoms with Crippen LogP contribution in [0.25, 0.3) is 10.8 Å². The van der Waals surface area contributed by atoms with Gasteiger partial charge in [0.1, 0.15) is 0 Å². The number of hydrogen-bond acceptors (Lipinski definition) is 2. The molecule has 2 nitrogen and oxygen atoms in total. The van der Waals surface area contributed by atoms with Crippen molar-refractivity contribution in [2.45, 2.75) is 19.8 Å². The number of anilines is 1. The fourth-order valence-corrected chi connectivity index (χ4v) is 2.59. The first kappa shape index (κ1) is 12.0. The van der Waals surface area contributed by atoms with Gasteiger partial charge in [-0.3, -0.25) is 0 Å². The standard InChI is InChI=1S/C17H18N2/c1-13-3-4-15-10-16(6-5-14(15)9-13)19(2)12-17(11-18)7-8-17/h3-6,9-10H,7-8,12H2,1-2H3. The van der Waals surface area contributed by atoms with Crippen LogP contribution >= 0.6 is 0 Å². The van der Waals surface area contributed by atoms with Gasteiger partial charge in [0.15, 0.2) is 0 Å². The molecule has 0 aliphatic heterocycles. The molecular weight excluding hydrogens is 232 g/mol. The SMILES string of the molecule is Cc1ccc2cc(N(C)CC3(C#N)CC3)ccc2c1. The summed E-state index contributed by atoms with van der Waals surface area (Å²) in [5, 5.41) is 11.7. The van der Waals surface area contributed by atoms with Crippen LogP contribution in [-0.4, -0.2) is 13.6 Å². The van der Waals surface area contributed by atoms with Crippen LogP contribution in [0.3, 0.4) is 0 Å². The summed E-state index contributed by atoms with van der Waals surface area (Å²) in [4.78, 5) is 2.20. The summed E-state index contributed by atoms with van der Waals surface area (Å²) in [6.45, 7) is 2.95. The Bertz CT molecular complexity index is 663. The van der Waals surface area contributed by atoms with E-state index in [1.54, 1.807) is 0 Å². The Morgan fingerprint density at radius 2 is 1.84 bits per heavy atom. The largest absolute Gasteiger partial charge is 0.373 e. The molecule has 19 heavy (non-hydrogen) atoms. The van der Waals surface area contributed by atoms with E-state index in [-0.39, 0.29) is 5.41 Å². The molecule has 1 aliphatic carbocycles. The first-order chi connectivity index (χ1) is 9.12. The summed E-state index contributed by atoms with van der Waals surface area (Å²) < 4.78 is 0. The van der Waals surface area contributed by atoms with Crippen molar-refractivity contribution in [1.29, 1.82) is 5.26 Å². The average molecular weight is 250 g/mol. The monoisotopic (exact) mass is 250 g/mol. The number of hydrogen-bond donors (Lipinski definition) is 0. The number of benzene rings is 2. The number of nitrogens with zero attached hydrogens (tertiary/aromatic N) is 2. The van der Waals surface area contributed by atoms with Gasteiger partial charge < -0.3 is 4.90 Å². The van der Waals surface area contributed by atoms with Crippen LogP contribution in [0.1, 0.15) is 18.4 Å². The summed E-state index contributed by atoms with van der Waals surface area (Å²) >= 11 is 0. The molecular formula is C17H18N2. The number of aryl methyl sites for hydroxylation is 1. The zero-order valence-electron chi connectivity index (χ0n) is 11.5. The van der Waals surface area contributed by atoms with Crippen molar-refractivity contribution in [2.24, 2.45) is 5.41 Å². The fourth-order valence-electron chi connectivity index (χ4n) is 2.59. The van der Waals surface area contributed by atoms with Crippen LogP contribution < -0.4 is 4.90 Å². The van der Waals surface area contributed by atoms with E-state index in [1.807, 2.05) is 0 Å². The molecule has 3 rings (SSSR count). The maximum atomic E-state index is 9.18. The molecule has 2 aromatic rings. The highest BCUT2D eigenvalue weighted by Gasteiger charge is 2.44. The van der Waals surface area contributed by atoms with Crippen molar-refractivity contribution in [2.75, 3.05) is 18.5 Å². The summed E-state index contributed by atoms with van der Waals surface area (Å²) in [5.74, 6) is 0. The lowest BCUT2D eigenvalue weighted by Crippen LogP contribution is -2.25. The van der Waals surface area contributed by atoms with Crippen LogP contribution in [0.2, 0.25) is 0 Å². The molecule has 0 bridgehead atoms. The summed E-state index contributed by atoms with van der Waals surface area (Å²) in [6, 6.07) is 15.5. The highest BCUT2D eigenvalue weighted by atomic mass is 15.1. The molecule has 0 N–H and O–H groups in total. The van der Waals surface area contributed by atoms with Crippen LogP contribution in [0.15, 0.2) is 36.4 Å². The van der Waals surface area contributed by atoms with Crippen LogP contribution in [-0.2, 0) is 0 Å². The minimum Gasteiger partial charge on any atom is -0.373 e. The van der Waals surface area contributed by atoms with Gasteiger partial charge in [0.2, 0.25) is 0 Å². The molecule has 0 atom stereocenters. The molecule has 1 aliphatic rings. The maximum Gasteiger partial charge on any atom is 0.0749 e. The second-order valence-electron chi connectivity index (χ2n) is 5.78. The third-order valence-electron chi connectivity index (χ3n) is 4.05. The van der Waals surface area contributed by atoms with E-state index >= 15 is 0 Å². The molecule has 0 aromatic heterocycles. The van der Waals surface area contributed by atoms with Crippen molar-refractivity contribution in [3.05, 3.63) is 42.0 Å². The quantitative estimate of drug-likeness (QED) is 0.826. The third-order valence-corrected chi connectivity index (χ3v) is 4.05. The molecule has 0 radical (unpaired) electrons. The molecule has 0 amide bonds. The topological polar surface area (TPSA) is 27.0 Å². The molecule has 0 spiro atoms. The molecule has 0 unspecified atom stereocenters. The number of nitriles is 1. The van der Waals surface area contributed by atoms with Gasteiger partial charge in [-0.2, -0.15) is 5.26 Å². The predicted molar refractivity (Wildman–Crippen MR) is 79.2 cm³/mol. The normalized spacial score (nSPS) is 16.1. The summed E-state index contributed by atoms with van der Waals surface area (Å²) in [5.41, 5.74) is 2.39. The average Bonchev–Trinajstić information content (AvgIpc) is 3.18. The molecule has 0 saturated heterocycles. The van der Waals surface area contributed by atoms with E-state index in [0.29, 0.717) is 0 Å². The smallest absolute Gasteiger partial charge is 0.0749 e. The summed E-state index contributed by atoms with van der Waals surface area (Å²) in [7, 11) is 2.08. The molecule has 1 fully saturated rings. The van der Waals surface area contributed by atoms with Gasteiger partial charge in [0, 0.05) is 19.3 Å². The lowest BCUT2D eigenvalue weighted by atomic mass is 10.1. The Hall–Kier alpha value is -2.01. The van der Waals surface area contributed by atoms with Crippen LogP contribution in [0.4, 0.5) is 5.69 Å². The molecule has 96 valence electrons. The molecule has 0 heterocycles. The van der Waals surface area contributed by atoms with Gasteiger partial charge in [-0.15, -0.1) is 0 Å². The lowest BCUT2D eigenvalue weighted by molar-refractivity contribution is 0.653. The maximum absolute atomic E-state index is 9.18. The second-order valence-corrected chi connectivity index (χ2v) is 5.78. The molecule has 2 aromatic carbocycles. The van der Waals surface area contributed by atoms with Gasteiger partial charge in [0.05, 0.1) is 11.5 Å². The Kier molecular flexibility index (Phi) is 2.71. The first-order valence-corrected chi connectivity index (χ1v) is 6.75. The Balaban J connectivity index is 1.89. The van der Waals surface area contributed by atoms with Gasteiger partial charge in [-0.25, -0.2) is 0 Å². The minimum absolute atomic E-state index is 0.0863. The van der Waals surface area contributed by atoms with E-state index < -0.39 is 0 Å². The van der Waals surface area contributed by atoms with E-state index in [1.165, 1.54) is 22.0 Å². The van der Waals surface area contributed by atoms with Crippen molar-refractivity contribution in [1.82, 2.24) is 0 Å². The Morgan fingerprint density at radius 1 is 1.16 bits per heavy atom. The first-order valence-electron chi connectivity index (χ1n) is 6.75. The van der Waals surface area contributed by atoms with Crippen LogP contribution in [0, 0.1) is 23.7 Å². The van der Waals surface area contributed by atoms with E-state index in [2.05, 4.69) is 61.3 Å². The van der Waals surface area contributed by atoms with E-state index in [9.17, 15) is 5.26 Å². The lowest BCUT2D eigenvalue weighted by Gasteiger charge is -2.22. The van der Waals surface area contributed by atoms with Gasteiger partial charge in [0.25, 0.3) is 0 Å². The van der Waals surface area contributed by atoms with Gasteiger partial charge in [-0.05, 0) is 42.7 Å². The fraction of sp³-hybridized carbons (Fsp3) is 0.353. The van der Waals surface area contributed by atoms with E-state index in [0.717, 1.165) is 19.4 Å². The Labute approximate surface area is 114 Å². The third kappa shape index (κ3) is 2.29. The highest BCUT2D eigenvalue weighted by molar-refractivity contribution is 5.86. The number of fused-ring (bicyclic) bond motifs is 1. The molecule has 1 saturated carbocycles. The summed E-state index contributed by atoms with van der Waals surface area (Å²) in [6.07, 6.45) is 2.08. The van der Waals surface area contributed by atoms with Crippen molar-refractivity contribution in [3.8, 4) is 6.07 Å². The zero-order chi connectivity index (χ0) is 13.5. The second kappa shape index (κ2) is 4.28. The van der Waals surface area contributed by atoms with Crippen molar-refractivity contribution < 1.29 is 0 Å². The zero-order valence-corrected chi connectivity index (χ0v) is 11.5. The van der Waals surface area contributed by atoms with Crippen molar-refractivity contribution in [3.63, 3.8) is 0 Å². The Morgan fingerprint density at radius 3 is 2.53 bits per heavy atom. The van der Waals surface area contributed by atoms with Crippen molar-refractivity contribution >= 4 is 16.5 Å². The molecule has 2 heteroatoms. The highest BCUT2D eigenvalue weighted by Crippen LogP contribution is 2.45. The van der Waals surface area contributed by atoms with Crippen LogP contribution in [0.5, 0.6) is 0 Å².